The molecule has 0 saturated carbocycles. The molecule has 282 valence electrons. The first-order chi connectivity index (χ1) is 23.4. The first-order valence-corrected chi connectivity index (χ1v) is 20.0. The highest BCUT2D eigenvalue weighted by Crippen LogP contribution is 2.15. The highest BCUT2D eigenvalue weighted by molar-refractivity contribution is 5.77. The molecule has 0 rings (SSSR count). The van der Waals surface area contributed by atoms with E-state index in [0.29, 0.717) is 6.42 Å². The molecule has 8 nitrogen and oxygen atoms in total. The monoisotopic (exact) mass is 683 g/mol. The first kappa shape index (κ1) is 45.9. The van der Waals surface area contributed by atoms with Gasteiger partial charge in [-0.25, -0.2) is 0 Å². The van der Waals surface area contributed by atoms with Gasteiger partial charge in [0.05, 0.1) is 20.0 Å². The third-order valence-corrected chi connectivity index (χ3v) is 8.89. The van der Waals surface area contributed by atoms with E-state index < -0.39 is 18.0 Å². The first-order valence-electron chi connectivity index (χ1n) is 20.0. The molecule has 0 N–H and O–H groups in total. The molecule has 1 unspecified atom stereocenters. The number of ether oxygens (including phenoxy) is 4. The smallest absolute Gasteiger partial charge is 0.306 e. The Kier molecular flexibility index (Phi) is 34.6. The summed E-state index contributed by atoms with van der Waals surface area (Å²) in [6, 6.07) is 0. The van der Waals surface area contributed by atoms with E-state index in [4.69, 9.17) is 14.2 Å². The minimum atomic E-state index is -0.878. The van der Waals surface area contributed by atoms with Crippen LogP contribution in [0.5, 0.6) is 0 Å². The van der Waals surface area contributed by atoms with Crippen LogP contribution in [0, 0.1) is 0 Å². The summed E-state index contributed by atoms with van der Waals surface area (Å²) in [5.74, 6) is -1.83. The van der Waals surface area contributed by atoms with E-state index in [9.17, 15) is 19.2 Å². The summed E-state index contributed by atoms with van der Waals surface area (Å²) < 4.78 is 20.7. The maximum absolute atomic E-state index is 12.5. The summed E-state index contributed by atoms with van der Waals surface area (Å²) >= 11 is 0. The minimum Gasteiger partial charge on any atom is -0.469 e. The SMILES string of the molecule is CCCCCCCCCCCCCCCC(=O)OCC(COC(=O)CCC(=O)OC)OC(=O)CCCCCCCCCCCCCCC. The average molecular weight is 683 g/mol. The van der Waals surface area contributed by atoms with Crippen molar-refractivity contribution in [3.05, 3.63) is 0 Å². The quantitative estimate of drug-likeness (QED) is 0.0365. The van der Waals surface area contributed by atoms with E-state index >= 15 is 0 Å². The molecule has 0 amide bonds. The summed E-state index contributed by atoms with van der Waals surface area (Å²) in [6.45, 7) is 4.11. The second-order valence-corrected chi connectivity index (χ2v) is 13.5. The number of carbonyl (C=O) groups is 4. The van der Waals surface area contributed by atoms with Crippen LogP contribution in [-0.4, -0.2) is 50.3 Å². The molecule has 8 heteroatoms. The van der Waals surface area contributed by atoms with Crippen LogP contribution in [0.2, 0.25) is 0 Å². The summed E-state index contributed by atoms with van der Waals surface area (Å²) in [5, 5.41) is 0. The fourth-order valence-electron chi connectivity index (χ4n) is 5.76. The molecule has 48 heavy (non-hydrogen) atoms. The van der Waals surface area contributed by atoms with E-state index in [0.717, 1.165) is 38.5 Å². The fraction of sp³-hybridized carbons (Fsp3) is 0.900. The largest absolute Gasteiger partial charge is 0.469 e. The summed E-state index contributed by atoms with van der Waals surface area (Å²) in [5.41, 5.74) is 0. The van der Waals surface area contributed by atoms with Crippen molar-refractivity contribution < 1.29 is 38.1 Å². The van der Waals surface area contributed by atoms with Gasteiger partial charge in [0, 0.05) is 12.8 Å². The van der Waals surface area contributed by atoms with E-state index in [-0.39, 0.29) is 44.4 Å². The number of hydrogen-bond acceptors (Lipinski definition) is 8. The van der Waals surface area contributed by atoms with Crippen molar-refractivity contribution in [1.82, 2.24) is 0 Å². The van der Waals surface area contributed by atoms with E-state index in [1.807, 2.05) is 0 Å². The third kappa shape index (κ3) is 33.8. The molecule has 0 spiro atoms. The van der Waals surface area contributed by atoms with Gasteiger partial charge in [0.25, 0.3) is 0 Å². The molecule has 0 radical (unpaired) electrons. The molecule has 0 aromatic heterocycles. The maximum atomic E-state index is 12.5. The molecule has 0 aliphatic carbocycles. The molecule has 0 heterocycles. The van der Waals surface area contributed by atoms with Crippen molar-refractivity contribution in [2.24, 2.45) is 0 Å². The van der Waals surface area contributed by atoms with Crippen molar-refractivity contribution in [3.63, 3.8) is 0 Å². The molecule has 0 bridgehead atoms. The van der Waals surface area contributed by atoms with Crippen LogP contribution in [-0.2, 0) is 38.1 Å². The van der Waals surface area contributed by atoms with Gasteiger partial charge >= 0.3 is 23.9 Å². The van der Waals surface area contributed by atoms with Crippen LogP contribution in [0.15, 0.2) is 0 Å². The van der Waals surface area contributed by atoms with Crippen molar-refractivity contribution in [2.45, 2.75) is 213 Å². The lowest BCUT2D eigenvalue weighted by Crippen LogP contribution is -2.31. The van der Waals surface area contributed by atoms with Crippen LogP contribution in [0.1, 0.15) is 206 Å². The van der Waals surface area contributed by atoms with Gasteiger partial charge in [0.15, 0.2) is 6.10 Å². The Labute approximate surface area is 294 Å². The zero-order chi connectivity index (χ0) is 35.3. The predicted molar refractivity (Wildman–Crippen MR) is 194 cm³/mol. The molecule has 1 atom stereocenters. The van der Waals surface area contributed by atoms with Crippen LogP contribution >= 0.6 is 0 Å². The lowest BCUT2D eigenvalue weighted by Gasteiger charge is -2.18. The summed E-state index contributed by atoms with van der Waals surface area (Å²) in [6.07, 6.45) is 31.4. The van der Waals surface area contributed by atoms with Crippen molar-refractivity contribution >= 4 is 23.9 Å². The van der Waals surface area contributed by atoms with Crippen molar-refractivity contribution in [3.8, 4) is 0 Å². The molecule has 0 aromatic rings. The van der Waals surface area contributed by atoms with Gasteiger partial charge in [-0.15, -0.1) is 0 Å². The van der Waals surface area contributed by atoms with Gasteiger partial charge < -0.3 is 18.9 Å². The molecular formula is C40H74O8. The second kappa shape index (κ2) is 36.2. The number of methoxy groups -OCH3 is 1. The topological polar surface area (TPSA) is 105 Å². The number of hydrogen-bond donors (Lipinski definition) is 0. The van der Waals surface area contributed by atoms with Gasteiger partial charge in [-0.1, -0.05) is 168 Å². The lowest BCUT2D eigenvalue weighted by molar-refractivity contribution is -0.167. The number of esters is 4. The Morgan fingerprint density at radius 1 is 0.375 bits per heavy atom. The Morgan fingerprint density at radius 2 is 0.667 bits per heavy atom. The second-order valence-electron chi connectivity index (χ2n) is 13.5. The van der Waals surface area contributed by atoms with Gasteiger partial charge in [-0.05, 0) is 12.8 Å². The van der Waals surface area contributed by atoms with Crippen LogP contribution in [0.3, 0.4) is 0 Å². The highest BCUT2D eigenvalue weighted by Gasteiger charge is 2.20. The number of rotatable bonds is 36. The van der Waals surface area contributed by atoms with Gasteiger partial charge in [0.1, 0.15) is 13.2 Å². The summed E-state index contributed by atoms with van der Waals surface area (Å²) in [7, 11) is 1.26. The highest BCUT2D eigenvalue weighted by atomic mass is 16.6. The van der Waals surface area contributed by atoms with Crippen LogP contribution in [0.25, 0.3) is 0 Å². The van der Waals surface area contributed by atoms with Gasteiger partial charge in [0.2, 0.25) is 0 Å². The third-order valence-electron chi connectivity index (χ3n) is 8.89. The molecule has 0 aliphatic heterocycles. The predicted octanol–water partition coefficient (Wildman–Crippen LogP) is 10.9. The molecule has 0 aliphatic rings. The maximum Gasteiger partial charge on any atom is 0.306 e. The Balaban J connectivity index is 4.20. The minimum absolute atomic E-state index is 0.0903. The van der Waals surface area contributed by atoms with E-state index in [1.165, 1.54) is 136 Å². The standard InChI is InChI=1S/C40H74O8/c1-4-6-8-10-12-14-16-18-20-22-24-26-28-30-38(42)46-34-36(35-47-39(43)33-32-37(41)45-3)48-40(44)31-29-27-25-23-21-19-17-15-13-11-9-7-5-2/h36H,4-35H2,1-3H3. The molecule has 0 aromatic carbocycles. The van der Waals surface area contributed by atoms with Crippen LogP contribution in [0.4, 0.5) is 0 Å². The van der Waals surface area contributed by atoms with Crippen LogP contribution < -0.4 is 0 Å². The Morgan fingerprint density at radius 3 is 1.02 bits per heavy atom. The zero-order valence-electron chi connectivity index (χ0n) is 31.5. The van der Waals surface area contributed by atoms with E-state index in [2.05, 4.69) is 18.6 Å². The molecule has 0 fully saturated rings. The average Bonchev–Trinajstić information content (AvgIpc) is 3.08. The fourth-order valence-corrected chi connectivity index (χ4v) is 5.76. The molecule has 0 saturated heterocycles. The number of unbranched alkanes of at least 4 members (excludes halogenated alkanes) is 24. The Bertz CT molecular complexity index is 768. The number of carbonyl (C=O) groups excluding carboxylic acids is 4. The summed E-state index contributed by atoms with van der Waals surface area (Å²) in [4.78, 5) is 48.3. The Hall–Kier alpha value is -2.12. The lowest BCUT2D eigenvalue weighted by atomic mass is 10.0. The van der Waals surface area contributed by atoms with Gasteiger partial charge in [-0.2, -0.15) is 0 Å². The van der Waals surface area contributed by atoms with Crippen molar-refractivity contribution in [1.29, 1.82) is 0 Å². The van der Waals surface area contributed by atoms with Crippen molar-refractivity contribution in [2.75, 3.05) is 20.3 Å². The molecular weight excluding hydrogens is 608 g/mol. The zero-order valence-corrected chi connectivity index (χ0v) is 31.5. The van der Waals surface area contributed by atoms with Gasteiger partial charge in [-0.3, -0.25) is 19.2 Å². The normalized spacial score (nSPS) is 11.6. The van der Waals surface area contributed by atoms with E-state index in [1.54, 1.807) is 0 Å².